The van der Waals surface area contributed by atoms with Gasteiger partial charge < -0.3 is 14.4 Å². The van der Waals surface area contributed by atoms with Crippen LogP contribution in [0.5, 0.6) is 0 Å². The minimum absolute atomic E-state index is 0.132. The highest BCUT2D eigenvalue weighted by molar-refractivity contribution is 5.96. The second-order valence-electron chi connectivity index (χ2n) is 5.15. The minimum atomic E-state index is -0.829. The van der Waals surface area contributed by atoms with Gasteiger partial charge in [0.2, 0.25) is 0 Å². The van der Waals surface area contributed by atoms with Gasteiger partial charge in [-0.3, -0.25) is 9.59 Å². The standard InChI is InChI=1S/C14H19NO4/c1-8-7-12(10(3)19-8)13(16)15-6-4-5-11(9(15)2)14(17)18/h7,9,11H,4-6H2,1-3H3,(H,17,18)/t9-,11-/m1/s1. The van der Waals surface area contributed by atoms with E-state index in [1.165, 1.54) is 0 Å². The van der Waals surface area contributed by atoms with Crippen molar-refractivity contribution in [1.82, 2.24) is 4.90 Å². The maximum atomic E-state index is 12.5. The molecule has 0 spiro atoms. The third-order valence-corrected chi connectivity index (χ3v) is 3.84. The predicted molar refractivity (Wildman–Crippen MR) is 69.0 cm³/mol. The highest BCUT2D eigenvalue weighted by Crippen LogP contribution is 2.26. The van der Waals surface area contributed by atoms with Crippen LogP contribution in [0.25, 0.3) is 0 Å². The Morgan fingerprint density at radius 3 is 2.63 bits per heavy atom. The molecule has 1 amide bonds. The van der Waals surface area contributed by atoms with Gasteiger partial charge in [0.15, 0.2) is 0 Å². The van der Waals surface area contributed by atoms with Crippen molar-refractivity contribution in [2.45, 2.75) is 39.7 Å². The number of aliphatic carboxylic acids is 1. The molecule has 0 bridgehead atoms. The van der Waals surface area contributed by atoms with E-state index >= 15 is 0 Å². The van der Waals surface area contributed by atoms with Gasteiger partial charge in [-0.25, -0.2) is 0 Å². The molecular formula is C14H19NO4. The van der Waals surface area contributed by atoms with Crippen molar-refractivity contribution in [1.29, 1.82) is 0 Å². The van der Waals surface area contributed by atoms with Gasteiger partial charge in [0.25, 0.3) is 5.91 Å². The van der Waals surface area contributed by atoms with Crippen molar-refractivity contribution >= 4 is 11.9 Å². The smallest absolute Gasteiger partial charge is 0.308 e. The van der Waals surface area contributed by atoms with E-state index in [-0.39, 0.29) is 11.9 Å². The molecule has 19 heavy (non-hydrogen) atoms. The molecule has 0 saturated carbocycles. The first kappa shape index (κ1) is 13.6. The molecular weight excluding hydrogens is 246 g/mol. The number of aryl methyl sites for hydroxylation is 2. The first-order valence-electron chi connectivity index (χ1n) is 6.52. The van der Waals surface area contributed by atoms with Crippen LogP contribution < -0.4 is 0 Å². The SMILES string of the molecule is Cc1cc(C(=O)N2CCC[C@@H](C(=O)O)[C@H]2C)c(C)o1. The van der Waals surface area contributed by atoms with Crippen LogP contribution in [0.2, 0.25) is 0 Å². The van der Waals surface area contributed by atoms with Crippen molar-refractivity contribution in [2.24, 2.45) is 5.92 Å². The summed E-state index contributed by atoms with van der Waals surface area (Å²) in [7, 11) is 0. The van der Waals surface area contributed by atoms with Gasteiger partial charge in [-0.15, -0.1) is 0 Å². The number of carbonyl (C=O) groups excluding carboxylic acids is 1. The summed E-state index contributed by atoms with van der Waals surface area (Å²) in [4.78, 5) is 25.3. The topological polar surface area (TPSA) is 70.8 Å². The van der Waals surface area contributed by atoms with Crippen LogP contribution in [0.1, 0.15) is 41.6 Å². The molecule has 1 N–H and O–H groups in total. The molecule has 1 aliphatic rings. The number of carboxylic acid groups (broad SMARTS) is 1. The van der Waals surface area contributed by atoms with E-state index in [4.69, 9.17) is 4.42 Å². The summed E-state index contributed by atoms with van der Waals surface area (Å²) in [5.41, 5.74) is 0.537. The normalized spacial score (nSPS) is 23.4. The van der Waals surface area contributed by atoms with Gasteiger partial charge in [-0.05, 0) is 39.7 Å². The lowest BCUT2D eigenvalue weighted by atomic mass is 9.90. The Bertz CT molecular complexity index is 506. The van der Waals surface area contributed by atoms with Crippen LogP contribution in [0.4, 0.5) is 0 Å². The van der Waals surface area contributed by atoms with Crippen LogP contribution in [0.3, 0.4) is 0 Å². The lowest BCUT2D eigenvalue weighted by molar-refractivity contribution is -0.144. The Kier molecular flexibility index (Phi) is 3.64. The summed E-state index contributed by atoms with van der Waals surface area (Å²) in [5, 5.41) is 9.18. The molecule has 0 unspecified atom stereocenters. The van der Waals surface area contributed by atoms with Gasteiger partial charge in [0.1, 0.15) is 11.5 Å². The molecule has 104 valence electrons. The maximum Gasteiger partial charge on any atom is 0.308 e. The minimum Gasteiger partial charge on any atom is -0.481 e. The molecule has 1 fully saturated rings. The number of hydrogen-bond acceptors (Lipinski definition) is 3. The summed E-state index contributed by atoms with van der Waals surface area (Å²) in [6.07, 6.45) is 1.35. The van der Waals surface area contributed by atoms with E-state index in [0.29, 0.717) is 30.0 Å². The number of piperidine rings is 1. The largest absolute Gasteiger partial charge is 0.481 e. The summed E-state index contributed by atoms with van der Waals surface area (Å²) in [6.45, 7) is 5.96. The van der Waals surface area contributed by atoms with Gasteiger partial charge >= 0.3 is 5.97 Å². The molecule has 1 aliphatic heterocycles. The maximum absolute atomic E-state index is 12.5. The van der Waals surface area contributed by atoms with Crippen molar-refractivity contribution in [3.63, 3.8) is 0 Å². The molecule has 2 rings (SSSR count). The zero-order valence-electron chi connectivity index (χ0n) is 11.5. The first-order chi connectivity index (χ1) is 8.91. The van der Waals surface area contributed by atoms with Crippen molar-refractivity contribution < 1.29 is 19.1 Å². The molecule has 2 atom stereocenters. The van der Waals surface area contributed by atoms with Crippen LogP contribution >= 0.6 is 0 Å². The quantitative estimate of drug-likeness (QED) is 0.890. The highest BCUT2D eigenvalue weighted by atomic mass is 16.4. The summed E-state index contributed by atoms with van der Waals surface area (Å²) in [6, 6.07) is 1.43. The van der Waals surface area contributed by atoms with Crippen molar-refractivity contribution in [3.8, 4) is 0 Å². The number of nitrogens with zero attached hydrogens (tertiary/aromatic N) is 1. The van der Waals surface area contributed by atoms with Gasteiger partial charge in [0, 0.05) is 12.6 Å². The van der Waals surface area contributed by atoms with Gasteiger partial charge in [0.05, 0.1) is 11.5 Å². The number of likely N-dealkylation sites (tertiary alicyclic amines) is 1. The summed E-state index contributed by atoms with van der Waals surface area (Å²) >= 11 is 0. The molecule has 0 radical (unpaired) electrons. The number of hydrogen-bond donors (Lipinski definition) is 1. The Labute approximate surface area is 112 Å². The second kappa shape index (κ2) is 5.07. The fourth-order valence-electron chi connectivity index (χ4n) is 2.76. The van der Waals surface area contributed by atoms with Crippen molar-refractivity contribution in [3.05, 3.63) is 23.2 Å². The Balaban J connectivity index is 2.23. The summed E-state index contributed by atoms with van der Waals surface area (Å²) < 4.78 is 5.37. The average molecular weight is 265 g/mol. The lowest BCUT2D eigenvalue weighted by Gasteiger charge is -2.37. The van der Waals surface area contributed by atoms with Crippen molar-refractivity contribution in [2.75, 3.05) is 6.54 Å². The van der Waals surface area contributed by atoms with Gasteiger partial charge in [-0.1, -0.05) is 0 Å². The Morgan fingerprint density at radius 1 is 1.42 bits per heavy atom. The third-order valence-electron chi connectivity index (χ3n) is 3.84. The lowest BCUT2D eigenvalue weighted by Crippen LogP contribution is -2.49. The summed E-state index contributed by atoms with van der Waals surface area (Å²) in [5.74, 6) is -0.156. The van der Waals surface area contributed by atoms with Crippen LogP contribution in [0, 0.1) is 19.8 Å². The Hall–Kier alpha value is -1.78. The fraction of sp³-hybridized carbons (Fsp3) is 0.571. The average Bonchev–Trinajstić information content (AvgIpc) is 2.67. The number of carboxylic acids is 1. The highest BCUT2D eigenvalue weighted by Gasteiger charge is 2.36. The molecule has 0 aromatic carbocycles. The number of amides is 1. The first-order valence-corrected chi connectivity index (χ1v) is 6.52. The second-order valence-corrected chi connectivity index (χ2v) is 5.15. The third kappa shape index (κ3) is 2.50. The van der Waals surface area contributed by atoms with E-state index in [9.17, 15) is 14.7 Å². The zero-order valence-corrected chi connectivity index (χ0v) is 11.5. The molecule has 5 nitrogen and oxygen atoms in total. The molecule has 1 aromatic heterocycles. The molecule has 0 aliphatic carbocycles. The van der Waals surface area contributed by atoms with Crippen LogP contribution in [0.15, 0.2) is 10.5 Å². The number of furan rings is 1. The van der Waals surface area contributed by atoms with E-state index in [0.717, 1.165) is 6.42 Å². The van der Waals surface area contributed by atoms with Crippen LogP contribution in [-0.4, -0.2) is 34.5 Å². The monoisotopic (exact) mass is 265 g/mol. The zero-order chi connectivity index (χ0) is 14.2. The predicted octanol–water partition coefficient (Wildman–Crippen LogP) is 2.22. The molecule has 5 heteroatoms. The van der Waals surface area contributed by atoms with E-state index < -0.39 is 11.9 Å². The molecule has 1 saturated heterocycles. The Morgan fingerprint density at radius 2 is 2.11 bits per heavy atom. The molecule has 1 aromatic rings. The van der Waals surface area contributed by atoms with Crippen LogP contribution in [-0.2, 0) is 4.79 Å². The van der Waals surface area contributed by atoms with E-state index in [2.05, 4.69) is 0 Å². The van der Waals surface area contributed by atoms with E-state index in [1.54, 1.807) is 31.7 Å². The fourth-order valence-corrected chi connectivity index (χ4v) is 2.76. The van der Waals surface area contributed by atoms with E-state index in [1.807, 2.05) is 0 Å². The van der Waals surface area contributed by atoms with Gasteiger partial charge in [-0.2, -0.15) is 0 Å². The molecule has 2 heterocycles. The number of rotatable bonds is 2. The number of carbonyl (C=O) groups is 2.